The third-order valence-electron chi connectivity index (χ3n) is 6.60. The summed E-state index contributed by atoms with van der Waals surface area (Å²) in [6, 6.07) is 16.7. The van der Waals surface area contributed by atoms with Gasteiger partial charge in [0.1, 0.15) is 17.2 Å². The Morgan fingerprint density at radius 3 is 2.47 bits per heavy atom. The number of pyridine rings is 2. The second-order valence-electron chi connectivity index (χ2n) is 9.01. The molecule has 5 aromatic rings. The van der Waals surface area contributed by atoms with E-state index < -0.39 is 0 Å². The molecule has 0 amide bonds. The van der Waals surface area contributed by atoms with Crippen molar-refractivity contribution in [2.75, 3.05) is 24.1 Å². The molecule has 180 valence electrons. The lowest BCUT2D eigenvalue weighted by Crippen LogP contribution is -2.38. The summed E-state index contributed by atoms with van der Waals surface area (Å²) in [5.74, 6) is 2.03. The Labute approximate surface area is 209 Å². The van der Waals surface area contributed by atoms with Crippen molar-refractivity contribution in [1.82, 2.24) is 34.4 Å². The summed E-state index contributed by atoms with van der Waals surface area (Å²) < 4.78 is 2.05. The van der Waals surface area contributed by atoms with Crippen LogP contribution < -0.4 is 11.1 Å². The van der Waals surface area contributed by atoms with Gasteiger partial charge >= 0.3 is 0 Å². The van der Waals surface area contributed by atoms with Gasteiger partial charge in [-0.05, 0) is 54.8 Å². The standard InChI is InChI=1S/C27H27N9/c28-25-22(3-1-11-31-25)26-34-23-4-2-12-32-27(23)36(26)21-7-5-19(6-8-21)18-35-15-9-20(10-16-35)33-24-17-29-13-14-30-24/h1-8,11-14,17,20H,9-10,15-16,18H2,(H2,28,31)(H,30,33). The smallest absolute Gasteiger partial charge is 0.164 e. The number of nitrogens with two attached hydrogens (primary N) is 1. The van der Waals surface area contributed by atoms with Crippen LogP contribution in [0.25, 0.3) is 28.2 Å². The average molecular weight is 478 g/mol. The second-order valence-corrected chi connectivity index (χ2v) is 9.01. The Morgan fingerprint density at radius 2 is 1.69 bits per heavy atom. The van der Waals surface area contributed by atoms with Crippen molar-refractivity contribution in [1.29, 1.82) is 0 Å². The van der Waals surface area contributed by atoms with Crippen molar-refractivity contribution in [2.24, 2.45) is 0 Å². The molecular weight excluding hydrogens is 450 g/mol. The molecule has 0 aliphatic carbocycles. The van der Waals surface area contributed by atoms with Gasteiger partial charge in [-0.1, -0.05) is 12.1 Å². The molecule has 0 atom stereocenters. The molecule has 6 rings (SSSR count). The minimum atomic E-state index is 0.431. The van der Waals surface area contributed by atoms with Crippen LogP contribution in [0.5, 0.6) is 0 Å². The normalized spacial score (nSPS) is 14.8. The molecule has 9 nitrogen and oxygen atoms in total. The van der Waals surface area contributed by atoms with Gasteiger partial charge in [0.05, 0.1) is 11.8 Å². The third-order valence-corrected chi connectivity index (χ3v) is 6.60. The van der Waals surface area contributed by atoms with Gasteiger partial charge in [0.25, 0.3) is 0 Å². The van der Waals surface area contributed by atoms with E-state index in [-0.39, 0.29) is 0 Å². The van der Waals surface area contributed by atoms with E-state index in [1.807, 2.05) is 24.3 Å². The number of likely N-dealkylation sites (tertiary alicyclic amines) is 1. The van der Waals surface area contributed by atoms with Crippen LogP contribution in [0.3, 0.4) is 0 Å². The van der Waals surface area contributed by atoms with Crippen molar-refractivity contribution < 1.29 is 0 Å². The molecule has 1 aromatic carbocycles. The SMILES string of the molecule is Nc1ncccc1-c1nc2cccnc2n1-c1ccc(CN2CCC(Nc3cnccn3)CC2)cc1. The van der Waals surface area contributed by atoms with Gasteiger partial charge in [0, 0.05) is 56.2 Å². The monoisotopic (exact) mass is 477 g/mol. The maximum Gasteiger partial charge on any atom is 0.164 e. The Kier molecular flexibility index (Phi) is 5.96. The largest absolute Gasteiger partial charge is 0.383 e. The average Bonchev–Trinajstić information content (AvgIpc) is 3.30. The molecule has 1 aliphatic rings. The van der Waals surface area contributed by atoms with Crippen LogP contribution in [0, 0.1) is 0 Å². The van der Waals surface area contributed by atoms with Crippen LogP contribution >= 0.6 is 0 Å². The molecule has 0 unspecified atom stereocenters. The number of piperidine rings is 1. The highest BCUT2D eigenvalue weighted by atomic mass is 15.2. The van der Waals surface area contributed by atoms with E-state index in [0.29, 0.717) is 11.9 Å². The van der Waals surface area contributed by atoms with Gasteiger partial charge in [-0.2, -0.15) is 0 Å². The van der Waals surface area contributed by atoms with E-state index in [1.54, 1.807) is 31.0 Å². The number of fused-ring (bicyclic) bond motifs is 1. The number of imidazole rings is 1. The van der Waals surface area contributed by atoms with Crippen molar-refractivity contribution in [3.63, 3.8) is 0 Å². The minimum absolute atomic E-state index is 0.431. The van der Waals surface area contributed by atoms with Crippen LogP contribution in [0.4, 0.5) is 11.6 Å². The number of nitrogen functional groups attached to an aromatic ring is 1. The molecule has 0 bridgehead atoms. The molecule has 1 fully saturated rings. The summed E-state index contributed by atoms with van der Waals surface area (Å²) in [5.41, 5.74) is 10.9. The Bertz CT molecular complexity index is 1460. The predicted octanol–water partition coefficient (Wildman–Crippen LogP) is 3.93. The van der Waals surface area contributed by atoms with Crippen molar-refractivity contribution in [3.05, 3.63) is 85.1 Å². The lowest BCUT2D eigenvalue weighted by Gasteiger charge is -2.32. The molecule has 1 saturated heterocycles. The zero-order chi connectivity index (χ0) is 24.3. The van der Waals surface area contributed by atoms with E-state index in [9.17, 15) is 0 Å². The lowest BCUT2D eigenvalue weighted by atomic mass is 10.0. The van der Waals surface area contributed by atoms with Crippen LogP contribution in [0.2, 0.25) is 0 Å². The molecule has 9 heteroatoms. The zero-order valence-corrected chi connectivity index (χ0v) is 19.8. The van der Waals surface area contributed by atoms with Crippen molar-refractivity contribution >= 4 is 22.8 Å². The molecule has 3 N–H and O–H groups in total. The maximum atomic E-state index is 6.20. The first-order chi connectivity index (χ1) is 17.7. The fraction of sp³-hybridized carbons (Fsp3) is 0.222. The fourth-order valence-corrected chi connectivity index (χ4v) is 4.77. The van der Waals surface area contributed by atoms with E-state index in [2.05, 4.69) is 59.0 Å². The number of aromatic nitrogens is 6. The van der Waals surface area contributed by atoms with Crippen LogP contribution in [-0.2, 0) is 6.54 Å². The van der Waals surface area contributed by atoms with Crippen LogP contribution in [0.15, 0.2) is 79.5 Å². The van der Waals surface area contributed by atoms with E-state index >= 15 is 0 Å². The van der Waals surface area contributed by atoms with Gasteiger partial charge in [0.2, 0.25) is 0 Å². The van der Waals surface area contributed by atoms with Gasteiger partial charge in [-0.25, -0.2) is 19.9 Å². The molecular formula is C27H27N9. The molecule has 1 aliphatic heterocycles. The highest BCUT2D eigenvalue weighted by Crippen LogP contribution is 2.30. The molecule has 36 heavy (non-hydrogen) atoms. The number of hydrogen-bond donors (Lipinski definition) is 2. The van der Waals surface area contributed by atoms with Gasteiger partial charge in [0.15, 0.2) is 11.5 Å². The summed E-state index contributed by atoms with van der Waals surface area (Å²) in [5, 5.41) is 3.50. The van der Waals surface area contributed by atoms with Crippen LogP contribution in [0.1, 0.15) is 18.4 Å². The summed E-state index contributed by atoms with van der Waals surface area (Å²) in [7, 11) is 0. The lowest BCUT2D eigenvalue weighted by molar-refractivity contribution is 0.211. The zero-order valence-electron chi connectivity index (χ0n) is 19.8. The van der Waals surface area contributed by atoms with Crippen molar-refractivity contribution in [2.45, 2.75) is 25.4 Å². The molecule has 0 spiro atoms. The van der Waals surface area contributed by atoms with Crippen LogP contribution in [-0.4, -0.2) is 53.5 Å². The first-order valence-corrected chi connectivity index (χ1v) is 12.1. The molecule has 4 aromatic heterocycles. The number of anilines is 2. The molecule has 0 radical (unpaired) electrons. The Balaban J connectivity index is 1.19. The fourth-order valence-electron chi connectivity index (χ4n) is 4.77. The Hall–Kier alpha value is -4.37. The predicted molar refractivity (Wildman–Crippen MR) is 140 cm³/mol. The number of nitrogens with one attached hydrogen (secondary N) is 1. The van der Waals surface area contributed by atoms with E-state index in [1.165, 1.54) is 5.56 Å². The van der Waals surface area contributed by atoms with Gasteiger partial charge in [-0.3, -0.25) is 14.5 Å². The van der Waals surface area contributed by atoms with E-state index in [0.717, 1.165) is 66.5 Å². The third kappa shape index (κ3) is 4.48. The molecule has 0 saturated carbocycles. The first kappa shape index (κ1) is 22.1. The molecule has 5 heterocycles. The highest BCUT2D eigenvalue weighted by Gasteiger charge is 2.20. The summed E-state index contributed by atoms with van der Waals surface area (Å²) in [6.45, 7) is 3.00. The first-order valence-electron chi connectivity index (χ1n) is 12.1. The minimum Gasteiger partial charge on any atom is -0.383 e. The number of hydrogen-bond acceptors (Lipinski definition) is 8. The number of rotatable bonds is 6. The van der Waals surface area contributed by atoms with Gasteiger partial charge in [-0.15, -0.1) is 0 Å². The number of nitrogens with zero attached hydrogens (tertiary/aromatic N) is 7. The summed E-state index contributed by atoms with van der Waals surface area (Å²) in [4.78, 5) is 24.7. The quantitative estimate of drug-likeness (QED) is 0.378. The number of benzene rings is 1. The van der Waals surface area contributed by atoms with Gasteiger partial charge < -0.3 is 11.1 Å². The Morgan fingerprint density at radius 1 is 0.889 bits per heavy atom. The maximum absolute atomic E-state index is 6.20. The summed E-state index contributed by atoms with van der Waals surface area (Å²) in [6.07, 6.45) is 10.8. The second kappa shape index (κ2) is 9.71. The summed E-state index contributed by atoms with van der Waals surface area (Å²) >= 11 is 0. The van der Waals surface area contributed by atoms with Crippen molar-refractivity contribution in [3.8, 4) is 17.1 Å². The highest BCUT2D eigenvalue weighted by molar-refractivity contribution is 5.82. The van der Waals surface area contributed by atoms with E-state index in [4.69, 9.17) is 10.7 Å². The topological polar surface area (TPSA) is 111 Å².